The normalized spacial score (nSPS) is 15.9. The van der Waals surface area contributed by atoms with Gasteiger partial charge in [-0.3, -0.25) is 9.89 Å². The Morgan fingerprint density at radius 1 is 1.16 bits per heavy atom. The average molecular weight is 435 g/mol. The number of hydrogen-bond acceptors (Lipinski definition) is 4. The number of carbonyl (C=O) groups is 1. The number of aromatic amines is 1. The van der Waals surface area contributed by atoms with Gasteiger partial charge < -0.3 is 14.8 Å². The van der Waals surface area contributed by atoms with Crippen molar-refractivity contribution in [2.75, 3.05) is 12.4 Å². The zero-order chi connectivity index (χ0) is 22.2. The Labute approximate surface area is 174 Å². The predicted molar refractivity (Wildman–Crippen MR) is 102 cm³/mol. The van der Waals surface area contributed by atoms with E-state index in [1.165, 1.54) is 7.11 Å². The lowest BCUT2D eigenvalue weighted by Gasteiger charge is -2.23. The maximum absolute atomic E-state index is 13.3. The first-order chi connectivity index (χ1) is 14.8. The Morgan fingerprint density at radius 2 is 1.97 bits per heavy atom. The van der Waals surface area contributed by atoms with E-state index in [0.29, 0.717) is 23.2 Å². The highest BCUT2D eigenvalue weighted by atomic mass is 19.4. The van der Waals surface area contributed by atoms with Crippen LogP contribution in [-0.4, -0.2) is 23.2 Å². The maximum atomic E-state index is 13.3. The van der Waals surface area contributed by atoms with Crippen molar-refractivity contribution in [1.82, 2.24) is 10.2 Å². The number of H-pyrrole nitrogens is 1. The van der Waals surface area contributed by atoms with E-state index in [9.17, 15) is 22.4 Å². The van der Waals surface area contributed by atoms with E-state index in [1.54, 1.807) is 24.4 Å². The van der Waals surface area contributed by atoms with Gasteiger partial charge in [-0.15, -0.1) is 0 Å². The van der Waals surface area contributed by atoms with Crippen molar-refractivity contribution in [2.45, 2.75) is 25.1 Å². The van der Waals surface area contributed by atoms with E-state index in [-0.39, 0.29) is 24.9 Å². The van der Waals surface area contributed by atoms with E-state index in [1.807, 2.05) is 0 Å². The molecule has 4 rings (SSSR count). The number of hydrogen-bond donors (Lipinski definition) is 2. The van der Waals surface area contributed by atoms with Gasteiger partial charge in [0, 0.05) is 29.7 Å². The Morgan fingerprint density at radius 3 is 2.71 bits per heavy atom. The summed E-state index contributed by atoms with van der Waals surface area (Å²) >= 11 is 0. The van der Waals surface area contributed by atoms with Gasteiger partial charge in [0.25, 0.3) is 0 Å². The van der Waals surface area contributed by atoms with Crippen molar-refractivity contribution in [3.8, 4) is 11.5 Å². The summed E-state index contributed by atoms with van der Waals surface area (Å²) in [6, 6.07) is 7.38. The second kappa shape index (κ2) is 7.93. The molecule has 1 aliphatic rings. The molecule has 3 aromatic rings. The Kier molecular flexibility index (Phi) is 5.30. The zero-order valence-electron chi connectivity index (χ0n) is 16.2. The molecule has 0 fully saturated rings. The summed E-state index contributed by atoms with van der Waals surface area (Å²) in [5, 5.41) is 9.43. The van der Waals surface area contributed by atoms with Crippen LogP contribution in [0.5, 0.6) is 11.5 Å². The highest BCUT2D eigenvalue weighted by Crippen LogP contribution is 2.39. The van der Waals surface area contributed by atoms with Crippen LogP contribution in [0, 0.1) is 5.82 Å². The number of nitrogens with zero attached hydrogens (tertiary/aromatic N) is 1. The molecule has 2 aromatic carbocycles. The molecule has 2 heterocycles. The smallest absolute Gasteiger partial charge is 0.420 e. The molecule has 0 aliphatic carbocycles. The van der Waals surface area contributed by atoms with Crippen LogP contribution in [-0.2, 0) is 17.6 Å². The molecule has 162 valence electrons. The third-order valence-corrected chi connectivity index (χ3v) is 5.04. The van der Waals surface area contributed by atoms with Crippen molar-refractivity contribution in [3.63, 3.8) is 0 Å². The minimum absolute atomic E-state index is 0.174. The first kappa shape index (κ1) is 20.7. The summed E-state index contributed by atoms with van der Waals surface area (Å²) < 4.78 is 63.5. The van der Waals surface area contributed by atoms with Crippen LogP contribution in [0.25, 0.3) is 0 Å². The average Bonchev–Trinajstić information content (AvgIpc) is 3.19. The molecule has 0 bridgehead atoms. The second-order valence-corrected chi connectivity index (χ2v) is 6.99. The summed E-state index contributed by atoms with van der Waals surface area (Å²) in [6.45, 7) is -0.222. The van der Waals surface area contributed by atoms with Crippen molar-refractivity contribution in [3.05, 3.63) is 70.7 Å². The summed E-state index contributed by atoms with van der Waals surface area (Å²) in [4.78, 5) is 12.0. The minimum Gasteiger partial charge on any atom is -0.496 e. The summed E-state index contributed by atoms with van der Waals surface area (Å²) in [6.07, 6.45) is -2.83. The third kappa shape index (κ3) is 4.18. The molecule has 2 N–H and O–H groups in total. The number of halogens is 4. The lowest BCUT2D eigenvalue weighted by atomic mass is 9.87. The van der Waals surface area contributed by atoms with Gasteiger partial charge in [0.1, 0.15) is 29.5 Å². The van der Waals surface area contributed by atoms with Gasteiger partial charge >= 0.3 is 6.18 Å². The number of anilines is 1. The van der Waals surface area contributed by atoms with Crippen LogP contribution >= 0.6 is 0 Å². The van der Waals surface area contributed by atoms with Crippen LogP contribution in [0.1, 0.15) is 34.6 Å². The van der Waals surface area contributed by atoms with Gasteiger partial charge in [0.15, 0.2) is 5.82 Å². The molecule has 1 unspecified atom stereocenters. The third-order valence-electron chi connectivity index (χ3n) is 5.04. The topological polar surface area (TPSA) is 76.2 Å². The molecule has 6 nitrogen and oxygen atoms in total. The second-order valence-electron chi connectivity index (χ2n) is 6.99. The highest BCUT2D eigenvalue weighted by Gasteiger charge is 2.35. The van der Waals surface area contributed by atoms with Crippen LogP contribution in [0.2, 0.25) is 0 Å². The van der Waals surface area contributed by atoms with E-state index in [4.69, 9.17) is 9.47 Å². The molecule has 0 saturated carbocycles. The van der Waals surface area contributed by atoms with Gasteiger partial charge in [0.05, 0.1) is 7.11 Å². The number of nitrogens with one attached hydrogen (secondary N) is 2. The minimum atomic E-state index is -4.75. The SMILES string of the molecule is COc1cc(C2CC(=O)Nc3n[nH]cc32)ccc1COc1ccc(F)cc1C(F)(F)F. The largest absolute Gasteiger partial charge is 0.496 e. The van der Waals surface area contributed by atoms with Crippen LogP contribution in [0.3, 0.4) is 0 Å². The number of alkyl halides is 3. The number of amides is 1. The Hall–Kier alpha value is -3.56. The molecular formula is C21H17F4N3O3. The van der Waals surface area contributed by atoms with Gasteiger partial charge in [-0.1, -0.05) is 12.1 Å². The predicted octanol–water partition coefficient (Wildman–Crippen LogP) is 4.63. The van der Waals surface area contributed by atoms with Gasteiger partial charge in [-0.05, 0) is 29.8 Å². The van der Waals surface area contributed by atoms with Crippen molar-refractivity contribution < 1.29 is 31.8 Å². The molecule has 0 radical (unpaired) electrons. The number of carbonyl (C=O) groups excluding carboxylic acids is 1. The fourth-order valence-corrected chi connectivity index (χ4v) is 3.54. The number of ether oxygens (including phenoxy) is 2. The van der Waals surface area contributed by atoms with E-state index in [2.05, 4.69) is 15.5 Å². The molecule has 1 aliphatic heterocycles. The Balaban J connectivity index is 1.59. The number of methoxy groups -OCH3 is 1. The molecule has 31 heavy (non-hydrogen) atoms. The fraction of sp³-hybridized carbons (Fsp3) is 0.238. The molecule has 1 atom stereocenters. The highest BCUT2D eigenvalue weighted by molar-refractivity contribution is 5.94. The molecular weight excluding hydrogens is 418 g/mol. The number of aromatic nitrogens is 2. The van der Waals surface area contributed by atoms with Crippen LogP contribution in [0.15, 0.2) is 42.6 Å². The zero-order valence-corrected chi connectivity index (χ0v) is 16.2. The Bertz CT molecular complexity index is 1130. The van der Waals surface area contributed by atoms with E-state index >= 15 is 0 Å². The first-order valence-corrected chi connectivity index (χ1v) is 9.26. The fourth-order valence-electron chi connectivity index (χ4n) is 3.54. The van der Waals surface area contributed by atoms with Crippen molar-refractivity contribution in [1.29, 1.82) is 0 Å². The lowest BCUT2D eigenvalue weighted by Crippen LogP contribution is -2.23. The molecule has 1 aromatic heterocycles. The number of benzene rings is 2. The quantitative estimate of drug-likeness (QED) is 0.573. The number of rotatable bonds is 5. The first-order valence-electron chi connectivity index (χ1n) is 9.26. The molecule has 10 heteroatoms. The summed E-state index contributed by atoms with van der Waals surface area (Å²) in [5.74, 6) is -1.05. The van der Waals surface area contributed by atoms with Gasteiger partial charge in [-0.25, -0.2) is 4.39 Å². The van der Waals surface area contributed by atoms with Crippen LogP contribution in [0.4, 0.5) is 23.4 Å². The maximum Gasteiger partial charge on any atom is 0.420 e. The van der Waals surface area contributed by atoms with Crippen molar-refractivity contribution >= 4 is 11.7 Å². The van der Waals surface area contributed by atoms with Gasteiger partial charge in [0.2, 0.25) is 5.91 Å². The number of fused-ring (bicyclic) bond motifs is 1. The van der Waals surface area contributed by atoms with E-state index < -0.39 is 23.3 Å². The van der Waals surface area contributed by atoms with Crippen LogP contribution < -0.4 is 14.8 Å². The standard InChI is InChI=1S/C21H17F4N3O3/c1-30-18-6-11(14-8-19(29)27-20-15(14)9-26-28-20)2-3-12(18)10-31-17-5-4-13(22)7-16(17)21(23,24)25/h2-7,9,14H,8,10H2,1H3,(H2,26,27,28,29). The molecule has 0 saturated heterocycles. The lowest BCUT2D eigenvalue weighted by molar-refractivity contribution is -0.139. The molecule has 1 amide bonds. The monoisotopic (exact) mass is 435 g/mol. The van der Waals surface area contributed by atoms with E-state index in [0.717, 1.165) is 23.3 Å². The van der Waals surface area contributed by atoms with Gasteiger partial charge in [-0.2, -0.15) is 18.3 Å². The summed E-state index contributed by atoms with van der Waals surface area (Å²) in [5.41, 5.74) is 0.919. The van der Waals surface area contributed by atoms with Crippen molar-refractivity contribution in [2.24, 2.45) is 0 Å². The summed E-state index contributed by atoms with van der Waals surface area (Å²) in [7, 11) is 1.43. The molecule has 0 spiro atoms.